The van der Waals surface area contributed by atoms with E-state index in [1.807, 2.05) is 4.90 Å². The molecule has 1 aliphatic rings. The van der Waals surface area contributed by atoms with Gasteiger partial charge < -0.3 is 15.5 Å². The van der Waals surface area contributed by atoms with Gasteiger partial charge in [0.05, 0.1) is 0 Å². The fourth-order valence-electron chi connectivity index (χ4n) is 2.15. The molecular formula is C15H23N3O. The van der Waals surface area contributed by atoms with E-state index in [0.717, 1.165) is 31.9 Å². The van der Waals surface area contributed by atoms with E-state index >= 15 is 0 Å². The number of hydrogen-bond donors (Lipinski definition) is 2. The topological polar surface area (TPSA) is 44.4 Å². The van der Waals surface area contributed by atoms with Crippen LogP contribution in [0, 0.1) is 0 Å². The van der Waals surface area contributed by atoms with Gasteiger partial charge in [-0.05, 0) is 23.1 Å². The third kappa shape index (κ3) is 3.63. The predicted octanol–water partition coefficient (Wildman–Crippen LogP) is 2.42. The van der Waals surface area contributed by atoms with Crippen molar-refractivity contribution < 1.29 is 4.79 Å². The maximum absolute atomic E-state index is 11.4. The van der Waals surface area contributed by atoms with Crippen molar-refractivity contribution in [1.82, 2.24) is 10.2 Å². The molecule has 1 saturated heterocycles. The van der Waals surface area contributed by atoms with Crippen LogP contribution in [0.3, 0.4) is 0 Å². The molecular weight excluding hydrogens is 238 g/mol. The summed E-state index contributed by atoms with van der Waals surface area (Å²) in [5.74, 6) is 0. The normalized spacial score (nSPS) is 15.5. The maximum Gasteiger partial charge on any atom is 0.317 e. The Hall–Kier alpha value is -1.71. The van der Waals surface area contributed by atoms with Crippen LogP contribution >= 0.6 is 0 Å². The van der Waals surface area contributed by atoms with E-state index in [4.69, 9.17) is 0 Å². The van der Waals surface area contributed by atoms with E-state index < -0.39 is 0 Å². The molecule has 4 heteroatoms. The summed E-state index contributed by atoms with van der Waals surface area (Å²) in [4.78, 5) is 13.2. The molecule has 1 aromatic carbocycles. The third-order valence-corrected chi connectivity index (χ3v) is 3.41. The Kier molecular flexibility index (Phi) is 3.98. The van der Waals surface area contributed by atoms with E-state index in [9.17, 15) is 4.79 Å². The van der Waals surface area contributed by atoms with E-state index in [0.29, 0.717) is 0 Å². The number of benzene rings is 1. The quantitative estimate of drug-likeness (QED) is 0.874. The largest absolute Gasteiger partial charge is 0.383 e. The standard InChI is InChI=1S/C15H23N3O/c1-15(2,3)12-4-6-13(7-5-12)16-8-10-18-11-9-17-14(18)19/h4-7,16H,8-11H2,1-3H3,(H,17,19). The Morgan fingerprint density at radius 3 is 2.47 bits per heavy atom. The smallest absolute Gasteiger partial charge is 0.317 e. The van der Waals surface area contributed by atoms with Gasteiger partial charge in [-0.1, -0.05) is 32.9 Å². The molecule has 0 aromatic heterocycles. The first-order chi connectivity index (χ1) is 8.97. The van der Waals surface area contributed by atoms with E-state index in [1.165, 1.54) is 5.56 Å². The molecule has 0 bridgehead atoms. The number of carbonyl (C=O) groups excluding carboxylic acids is 1. The highest BCUT2D eigenvalue weighted by atomic mass is 16.2. The number of carbonyl (C=O) groups is 1. The van der Waals surface area contributed by atoms with Gasteiger partial charge in [0.25, 0.3) is 0 Å². The molecule has 4 nitrogen and oxygen atoms in total. The average Bonchev–Trinajstić information content (AvgIpc) is 2.75. The number of hydrogen-bond acceptors (Lipinski definition) is 2. The van der Waals surface area contributed by atoms with Crippen LogP contribution in [-0.4, -0.2) is 37.1 Å². The molecule has 0 aliphatic carbocycles. The lowest BCUT2D eigenvalue weighted by molar-refractivity contribution is 0.219. The molecule has 19 heavy (non-hydrogen) atoms. The van der Waals surface area contributed by atoms with Crippen molar-refractivity contribution in [2.75, 3.05) is 31.5 Å². The SMILES string of the molecule is CC(C)(C)c1ccc(NCCN2CCNC2=O)cc1. The van der Waals surface area contributed by atoms with Gasteiger partial charge in [0.15, 0.2) is 0 Å². The molecule has 1 aromatic rings. The van der Waals surface area contributed by atoms with Crippen molar-refractivity contribution in [3.05, 3.63) is 29.8 Å². The molecule has 104 valence electrons. The van der Waals surface area contributed by atoms with E-state index in [-0.39, 0.29) is 11.4 Å². The molecule has 0 radical (unpaired) electrons. The highest BCUT2D eigenvalue weighted by Crippen LogP contribution is 2.23. The Labute approximate surface area is 115 Å². The van der Waals surface area contributed by atoms with Crippen molar-refractivity contribution in [2.45, 2.75) is 26.2 Å². The van der Waals surface area contributed by atoms with Crippen LogP contribution in [0.4, 0.5) is 10.5 Å². The van der Waals surface area contributed by atoms with E-state index in [2.05, 4.69) is 55.7 Å². The highest BCUT2D eigenvalue weighted by molar-refractivity contribution is 5.76. The summed E-state index contributed by atoms with van der Waals surface area (Å²) in [6.07, 6.45) is 0. The van der Waals surface area contributed by atoms with Crippen LogP contribution in [0.25, 0.3) is 0 Å². The fourth-order valence-corrected chi connectivity index (χ4v) is 2.15. The molecule has 0 atom stereocenters. The van der Waals surface area contributed by atoms with Gasteiger partial charge in [0.1, 0.15) is 0 Å². The number of anilines is 1. The van der Waals surface area contributed by atoms with E-state index in [1.54, 1.807) is 0 Å². The minimum absolute atomic E-state index is 0.0462. The summed E-state index contributed by atoms with van der Waals surface area (Å²) in [5, 5.41) is 6.15. The first-order valence-corrected chi connectivity index (χ1v) is 6.84. The number of amides is 2. The number of rotatable bonds is 4. The van der Waals surface area contributed by atoms with Gasteiger partial charge in [-0.15, -0.1) is 0 Å². The maximum atomic E-state index is 11.4. The van der Waals surface area contributed by atoms with Crippen LogP contribution in [0.2, 0.25) is 0 Å². The summed E-state index contributed by atoms with van der Waals surface area (Å²) in [6.45, 7) is 9.72. The predicted molar refractivity (Wildman–Crippen MR) is 78.6 cm³/mol. The first-order valence-electron chi connectivity index (χ1n) is 6.84. The Bertz CT molecular complexity index is 434. The van der Waals surface area contributed by atoms with Gasteiger partial charge in [-0.2, -0.15) is 0 Å². The van der Waals surface area contributed by atoms with Gasteiger partial charge in [0.2, 0.25) is 0 Å². The zero-order valence-electron chi connectivity index (χ0n) is 12.0. The summed E-state index contributed by atoms with van der Waals surface area (Å²) >= 11 is 0. The molecule has 0 spiro atoms. The van der Waals surface area contributed by atoms with Crippen LogP contribution in [0.5, 0.6) is 0 Å². The summed E-state index contributed by atoms with van der Waals surface area (Å²) in [5.41, 5.74) is 2.62. The first kappa shape index (κ1) is 13.7. The molecule has 2 N–H and O–H groups in total. The highest BCUT2D eigenvalue weighted by Gasteiger charge is 2.18. The Morgan fingerprint density at radius 1 is 1.26 bits per heavy atom. The number of nitrogens with zero attached hydrogens (tertiary/aromatic N) is 1. The fraction of sp³-hybridized carbons (Fsp3) is 0.533. The lowest BCUT2D eigenvalue weighted by Crippen LogP contribution is -2.32. The third-order valence-electron chi connectivity index (χ3n) is 3.41. The van der Waals surface area contributed by atoms with Gasteiger partial charge >= 0.3 is 6.03 Å². The Balaban J connectivity index is 1.82. The average molecular weight is 261 g/mol. The molecule has 1 heterocycles. The minimum atomic E-state index is 0.0462. The summed E-state index contributed by atoms with van der Waals surface area (Å²) in [7, 11) is 0. The van der Waals surface area contributed by atoms with Crippen LogP contribution in [0.15, 0.2) is 24.3 Å². The van der Waals surface area contributed by atoms with Crippen molar-refractivity contribution in [3.8, 4) is 0 Å². The lowest BCUT2D eigenvalue weighted by Gasteiger charge is -2.19. The van der Waals surface area contributed by atoms with Crippen LogP contribution in [-0.2, 0) is 5.41 Å². The van der Waals surface area contributed by atoms with Crippen LogP contribution in [0.1, 0.15) is 26.3 Å². The molecule has 2 rings (SSSR count). The number of urea groups is 1. The van der Waals surface area contributed by atoms with Crippen molar-refractivity contribution >= 4 is 11.7 Å². The molecule has 1 aliphatic heterocycles. The molecule has 1 fully saturated rings. The zero-order valence-corrected chi connectivity index (χ0v) is 12.0. The lowest BCUT2D eigenvalue weighted by atomic mass is 9.87. The van der Waals surface area contributed by atoms with Gasteiger partial charge in [0, 0.05) is 31.9 Å². The van der Waals surface area contributed by atoms with Crippen molar-refractivity contribution in [3.63, 3.8) is 0 Å². The molecule has 2 amide bonds. The van der Waals surface area contributed by atoms with Crippen molar-refractivity contribution in [2.24, 2.45) is 0 Å². The molecule has 0 saturated carbocycles. The second-order valence-corrected chi connectivity index (χ2v) is 5.97. The second-order valence-electron chi connectivity index (χ2n) is 5.97. The monoisotopic (exact) mass is 261 g/mol. The second kappa shape index (κ2) is 5.51. The molecule has 0 unspecified atom stereocenters. The number of nitrogens with one attached hydrogen (secondary N) is 2. The van der Waals surface area contributed by atoms with Gasteiger partial charge in [-0.25, -0.2) is 4.79 Å². The summed E-state index contributed by atoms with van der Waals surface area (Å²) in [6, 6.07) is 8.57. The summed E-state index contributed by atoms with van der Waals surface area (Å²) < 4.78 is 0. The Morgan fingerprint density at radius 2 is 1.95 bits per heavy atom. The zero-order chi connectivity index (χ0) is 13.9. The minimum Gasteiger partial charge on any atom is -0.383 e. The van der Waals surface area contributed by atoms with Crippen molar-refractivity contribution in [1.29, 1.82) is 0 Å². The van der Waals surface area contributed by atoms with Gasteiger partial charge in [-0.3, -0.25) is 0 Å². The van der Waals surface area contributed by atoms with Crippen LogP contribution < -0.4 is 10.6 Å².